The van der Waals surface area contributed by atoms with Gasteiger partial charge in [-0.15, -0.1) is 11.8 Å². The van der Waals surface area contributed by atoms with E-state index in [1.54, 1.807) is 14.2 Å². The zero-order chi connectivity index (χ0) is 16.7. The summed E-state index contributed by atoms with van der Waals surface area (Å²) < 4.78 is 10.5. The second-order valence-electron chi connectivity index (χ2n) is 5.01. The van der Waals surface area contributed by atoms with E-state index in [2.05, 4.69) is 5.32 Å². The van der Waals surface area contributed by atoms with Crippen molar-refractivity contribution in [3.8, 4) is 11.5 Å². The molecule has 0 aliphatic carbocycles. The zero-order valence-corrected chi connectivity index (χ0v) is 14.4. The lowest BCUT2D eigenvalue weighted by Gasteiger charge is -2.14. The monoisotopic (exact) mass is 331 g/mol. The van der Waals surface area contributed by atoms with E-state index in [-0.39, 0.29) is 11.9 Å². The highest BCUT2D eigenvalue weighted by Gasteiger charge is 2.11. The molecule has 2 rings (SSSR count). The van der Waals surface area contributed by atoms with Crippen molar-refractivity contribution in [2.75, 3.05) is 20.0 Å². The number of ether oxygens (including phenoxy) is 2. The molecule has 4 nitrogen and oxygen atoms in total. The summed E-state index contributed by atoms with van der Waals surface area (Å²) in [6.45, 7) is 1.98. The molecule has 23 heavy (non-hydrogen) atoms. The predicted molar refractivity (Wildman–Crippen MR) is 93.3 cm³/mol. The van der Waals surface area contributed by atoms with Crippen LogP contribution in [-0.2, 0) is 4.79 Å². The van der Waals surface area contributed by atoms with Gasteiger partial charge in [0.15, 0.2) is 11.5 Å². The Balaban J connectivity index is 1.89. The first-order valence-electron chi connectivity index (χ1n) is 7.33. The number of thioether (sulfide) groups is 1. The summed E-state index contributed by atoms with van der Waals surface area (Å²) >= 11 is 1.47. The maximum absolute atomic E-state index is 12.1. The van der Waals surface area contributed by atoms with Gasteiger partial charge in [0.25, 0.3) is 0 Å². The third-order valence-electron chi connectivity index (χ3n) is 3.40. The normalized spacial score (nSPS) is 11.6. The van der Waals surface area contributed by atoms with Crippen molar-refractivity contribution in [1.29, 1.82) is 0 Å². The molecule has 0 spiro atoms. The van der Waals surface area contributed by atoms with Crippen molar-refractivity contribution in [3.63, 3.8) is 0 Å². The molecule has 1 N–H and O–H groups in total. The lowest BCUT2D eigenvalue weighted by Crippen LogP contribution is -2.28. The van der Waals surface area contributed by atoms with Gasteiger partial charge in [0.2, 0.25) is 5.91 Å². The van der Waals surface area contributed by atoms with Crippen LogP contribution < -0.4 is 14.8 Å². The topological polar surface area (TPSA) is 47.6 Å². The Bertz CT molecular complexity index is 646. The molecule has 0 aliphatic heterocycles. The molecule has 2 aromatic carbocycles. The van der Waals surface area contributed by atoms with Gasteiger partial charge >= 0.3 is 0 Å². The number of benzene rings is 2. The fourth-order valence-electron chi connectivity index (χ4n) is 2.16. The molecule has 0 unspecified atom stereocenters. The van der Waals surface area contributed by atoms with E-state index in [4.69, 9.17) is 9.47 Å². The van der Waals surface area contributed by atoms with Crippen LogP contribution in [0.4, 0.5) is 0 Å². The molecular weight excluding hydrogens is 310 g/mol. The van der Waals surface area contributed by atoms with Crippen LogP contribution >= 0.6 is 11.8 Å². The number of methoxy groups -OCH3 is 2. The third kappa shape index (κ3) is 4.93. The van der Waals surface area contributed by atoms with Crippen LogP contribution in [0.25, 0.3) is 0 Å². The molecular formula is C18H21NO3S. The molecule has 122 valence electrons. The zero-order valence-electron chi connectivity index (χ0n) is 13.5. The Kier molecular flexibility index (Phi) is 6.35. The Morgan fingerprint density at radius 2 is 1.78 bits per heavy atom. The average molecular weight is 331 g/mol. The molecule has 0 bridgehead atoms. The van der Waals surface area contributed by atoms with Gasteiger partial charge in [-0.05, 0) is 30.7 Å². The molecule has 0 radical (unpaired) electrons. The van der Waals surface area contributed by atoms with Crippen molar-refractivity contribution in [2.24, 2.45) is 0 Å². The second-order valence-corrected chi connectivity index (χ2v) is 6.05. The molecule has 0 aromatic heterocycles. The highest BCUT2D eigenvalue weighted by molar-refractivity contribution is 8.00. The number of hydrogen-bond acceptors (Lipinski definition) is 4. The molecule has 1 amide bonds. The first-order chi connectivity index (χ1) is 11.1. The number of nitrogens with one attached hydrogen (secondary N) is 1. The smallest absolute Gasteiger partial charge is 0.230 e. The molecule has 0 saturated heterocycles. The van der Waals surface area contributed by atoms with Crippen molar-refractivity contribution in [1.82, 2.24) is 5.32 Å². The van der Waals surface area contributed by atoms with E-state index in [0.29, 0.717) is 17.3 Å². The van der Waals surface area contributed by atoms with Gasteiger partial charge in [0, 0.05) is 4.90 Å². The highest BCUT2D eigenvalue weighted by atomic mass is 32.2. The van der Waals surface area contributed by atoms with E-state index in [1.807, 2.05) is 55.5 Å². The summed E-state index contributed by atoms with van der Waals surface area (Å²) in [5.41, 5.74) is 1.09. The summed E-state index contributed by atoms with van der Waals surface area (Å²) in [5, 5.41) is 3.00. The van der Waals surface area contributed by atoms with Gasteiger partial charge in [-0.1, -0.05) is 30.3 Å². The Hall–Kier alpha value is -2.14. The number of rotatable bonds is 7. The molecule has 0 heterocycles. The van der Waals surface area contributed by atoms with E-state index in [0.717, 1.165) is 10.5 Å². The third-order valence-corrected chi connectivity index (χ3v) is 4.40. The molecule has 0 fully saturated rings. The van der Waals surface area contributed by atoms with Crippen LogP contribution in [0.2, 0.25) is 0 Å². The maximum Gasteiger partial charge on any atom is 0.230 e. The van der Waals surface area contributed by atoms with Crippen LogP contribution in [0.3, 0.4) is 0 Å². The van der Waals surface area contributed by atoms with E-state index in [9.17, 15) is 4.79 Å². The fraction of sp³-hybridized carbons (Fsp3) is 0.278. The number of hydrogen-bond donors (Lipinski definition) is 1. The number of amides is 1. The van der Waals surface area contributed by atoms with Crippen molar-refractivity contribution >= 4 is 17.7 Å². The van der Waals surface area contributed by atoms with Crippen molar-refractivity contribution < 1.29 is 14.3 Å². The van der Waals surface area contributed by atoms with Gasteiger partial charge in [-0.2, -0.15) is 0 Å². The van der Waals surface area contributed by atoms with Gasteiger partial charge < -0.3 is 14.8 Å². The second kappa shape index (κ2) is 8.48. The molecule has 1 atom stereocenters. The summed E-state index contributed by atoms with van der Waals surface area (Å²) in [4.78, 5) is 13.1. The largest absolute Gasteiger partial charge is 0.493 e. The van der Waals surface area contributed by atoms with E-state index >= 15 is 0 Å². The van der Waals surface area contributed by atoms with Gasteiger partial charge in [-0.3, -0.25) is 4.79 Å². The lowest BCUT2D eigenvalue weighted by atomic mass is 10.1. The number of carbonyl (C=O) groups excluding carboxylic acids is 1. The Labute approximate surface area is 141 Å². The fourth-order valence-corrected chi connectivity index (χ4v) is 2.90. The predicted octanol–water partition coefficient (Wildman–Crippen LogP) is 3.67. The van der Waals surface area contributed by atoms with E-state index in [1.165, 1.54) is 11.8 Å². The standard InChI is InChI=1S/C18H21NO3S/c1-13(14-7-5-4-6-8-14)19-18(20)12-23-15-9-10-16(21-2)17(11-15)22-3/h4-11,13H,12H2,1-3H3,(H,19,20)/t13-/m1/s1. The SMILES string of the molecule is COc1ccc(SCC(=O)N[C@H](C)c2ccccc2)cc1OC. The van der Waals surface area contributed by atoms with Gasteiger partial charge in [-0.25, -0.2) is 0 Å². The minimum absolute atomic E-state index is 0.00105. The highest BCUT2D eigenvalue weighted by Crippen LogP contribution is 2.31. The lowest BCUT2D eigenvalue weighted by molar-refractivity contribution is -0.119. The maximum atomic E-state index is 12.1. The molecule has 0 saturated carbocycles. The average Bonchev–Trinajstić information content (AvgIpc) is 2.60. The quantitative estimate of drug-likeness (QED) is 0.786. The minimum Gasteiger partial charge on any atom is -0.493 e. The van der Waals surface area contributed by atoms with Crippen molar-refractivity contribution in [3.05, 3.63) is 54.1 Å². The summed E-state index contributed by atoms with van der Waals surface area (Å²) in [7, 11) is 3.20. The summed E-state index contributed by atoms with van der Waals surface area (Å²) in [6, 6.07) is 15.5. The Morgan fingerprint density at radius 1 is 1.09 bits per heavy atom. The minimum atomic E-state index is -0.00490. The van der Waals surface area contributed by atoms with E-state index < -0.39 is 0 Å². The van der Waals surface area contributed by atoms with Crippen LogP contribution in [0.15, 0.2) is 53.4 Å². The molecule has 0 aliphatic rings. The van der Waals surface area contributed by atoms with Crippen LogP contribution in [0.1, 0.15) is 18.5 Å². The van der Waals surface area contributed by atoms with Crippen LogP contribution in [-0.4, -0.2) is 25.9 Å². The first-order valence-corrected chi connectivity index (χ1v) is 8.31. The van der Waals surface area contributed by atoms with Crippen LogP contribution in [0, 0.1) is 0 Å². The van der Waals surface area contributed by atoms with Gasteiger partial charge in [0.05, 0.1) is 26.0 Å². The molecule has 5 heteroatoms. The van der Waals surface area contributed by atoms with Crippen molar-refractivity contribution in [2.45, 2.75) is 17.9 Å². The summed E-state index contributed by atoms with van der Waals surface area (Å²) in [5.74, 6) is 1.70. The summed E-state index contributed by atoms with van der Waals surface area (Å²) in [6.07, 6.45) is 0. The number of carbonyl (C=O) groups is 1. The van der Waals surface area contributed by atoms with Gasteiger partial charge in [0.1, 0.15) is 0 Å². The van der Waals surface area contributed by atoms with Crippen LogP contribution in [0.5, 0.6) is 11.5 Å². The Morgan fingerprint density at radius 3 is 2.43 bits per heavy atom. The first kappa shape index (κ1) is 17.2. The molecule has 2 aromatic rings.